The van der Waals surface area contributed by atoms with Crippen LogP contribution in [-0.2, 0) is 6.54 Å². The molecule has 0 fully saturated rings. The van der Waals surface area contributed by atoms with Gasteiger partial charge in [0.2, 0.25) is 0 Å². The fraction of sp³-hybridized carbons (Fsp3) is 0.0588. The fourth-order valence-corrected chi connectivity index (χ4v) is 2.96. The Morgan fingerprint density at radius 1 is 1.13 bits per heavy atom. The molecule has 0 spiro atoms. The average molecular weight is 317 g/mol. The second-order valence-corrected chi connectivity index (χ2v) is 5.89. The molecular weight excluding hydrogens is 306 g/mol. The zero-order valence-corrected chi connectivity index (χ0v) is 12.9. The molecule has 0 N–H and O–H groups in total. The zero-order valence-electron chi connectivity index (χ0n) is 12.0. The van der Waals surface area contributed by atoms with Crippen molar-refractivity contribution in [3.63, 3.8) is 0 Å². The molecule has 3 aromatic rings. The lowest BCUT2D eigenvalue weighted by Gasteiger charge is -1.99. The number of thiophene rings is 1. The summed E-state index contributed by atoms with van der Waals surface area (Å²) in [6.45, 7) is 0.666. The number of aromatic nitrogens is 3. The summed E-state index contributed by atoms with van der Waals surface area (Å²) in [7, 11) is 0. The molecule has 23 heavy (non-hydrogen) atoms. The van der Waals surface area contributed by atoms with Crippen LogP contribution in [0.5, 0.6) is 0 Å². The Balaban J connectivity index is 1.79. The van der Waals surface area contributed by atoms with Crippen LogP contribution in [0.25, 0.3) is 16.6 Å². The second-order valence-electron chi connectivity index (χ2n) is 4.77. The monoisotopic (exact) mass is 317 g/mol. The minimum Gasteiger partial charge on any atom is -0.247 e. The SMILES string of the molecule is N#CC(C#N)=Cc1ccc(-c2cn(Cc3ccccc3)nn2)s1. The van der Waals surface area contributed by atoms with Crippen LogP contribution in [0, 0.1) is 22.7 Å². The Kier molecular flexibility index (Phi) is 4.28. The van der Waals surface area contributed by atoms with Gasteiger partial charge in [-0.15, -0.1) is 16.4 Å². The standard InChI is InChI=1S/C17H11N5S/c18-9-14(10-19)8-15-6-7-17(23-15)16-12-22(21-20-16)11-13-4-2-1-3-5-13/h1-8,12H,11H2. The summed E-state index contributed by atoms with van der Waals surface area (Å²) in [4.78, 5) is 1.79. The van der Waals surface area contributed by atoms with E-state index in [1.165, 1.54) is 11.3 Å². The maximum absolute atomic E-state index is 8.79. The van der Waals surface area contributed by atoms with Gasteiger partial charge in [-0.2, -0.15) is 10.5 Å². The molecule has 0 saturated carbocycles. The van der Waals surface area contributed by atoms with Gasteiger partial charge in [0.25, 0.3) is 0 Å². The van der Waals surface area contributed by atoms with Gasteiger partial charge in [-0.25, -0.2) is 4.68 Å². The smallest absolute Gasteiger partial charge is 0.131 e. The molecule has 1 aromatic carbocycles. The van der Waals surface area contributed by atoms with E-state index in [4.69, 9.17) is 10.5 Å². The van der Waals surface area contributed by atoms with Crippen molar-refractivity contribution in [1.29, 1.82) is 10.5 Å². The zero-order chi connectivity index (χ0) is 16.1. The van der Waals surface area contributed by atoms with Gasteiger partial charge in [0.15, 0.2) is 0 Å². The van der Waals surface area contributed by atoms with E-state index in [9.17, 15) is 0 Å². The molecule has 0 radical (unpaired) electrons. The number of nitrogens with zero attached hydrogens (tertiary/aromatic N) is 5. The Bertz CT molecular complexity index is 906. The highest BCUT2D eigenvalue weighted by Crippen LogP contribution is 2.27. The number of hydrogen-bond donors (Lipinski definition) is 0. The van der Waals surface area contributed by atoms with Crippen molar-refractivity contribution in [3.05, 3.63) is 64.7 Å². The third kappa shape index (κ3) is 3.52. The first-order valence-corrected chi connectivity index (χ1v) is 7.66. The summed E-state index contributed by atoms with van der Waals surface area (Å²) >= 11 is 1.47. The van der Waals surface area contributed by atoms with Crippen molar-refractivity contribution < 1.29 is 0 Å². The van der Waals surface area contributed by atoms with Gasteiger partial charge in [0.05, 0.1) is 17.6 Å². The minimum atomic E-state index is 0.0890. The second kappa shape index (κ2) is 6.69. The van der Waals surface area contributed by atoms with E-state index in [1.54, 1.807) is 10.8 Å². The van der Waals surface area contributed by atoms with Crippen LogP contribution in [0.2, 0.25) is 0 Å². The summed E-state index contributed by atoms with van der Waals surface area (Å²) in [5, 5.41) is 25.9. The van der Waals surface area contributed by atoms with Crippen LogP contribution >= 0.6 is 11.3 Å². The Morgan fingerprint density at radius 2 is 1.91 bits per heavy atom. The summed E-state index contributed by atoms with van der Waals surface area (Å²) in [5.41, 5.74) is 2.03. The Hall–Kier alpha value is -3.22. The summed E-state index contributed by atoms with van der Waals surface area (Å²) < 4.78 is 1.79. The lowest BCUT2D eigenvalue weighted by molar-refractivity contribution is 0.650. The maximum atomic E-state index is 8.79. The topological polar surface area (TPSA) is 78.3 Å². The van der Waals surface area contributed by atoms with E-state index in [-0.39, 0.29) is 5.57 Å². The predicted molar refractivity (Wildman–Crippen MR) is 88.1 cm³/mol. The molecule has 5 nitrogen and oxygen atoms in total. The highest BCUT2D eigenvalue weighted by atomic mass is 32.1. The van der Waals surface area contributed by atoms with Gasteiger partial charge >= 0.3 is 0 Å². The summed E-state index contributed by atoms with van der Waals surface area (Å²) in [6.07, 6.45) is 3.46. The van der Waals surface area contributed by atoms with E-state index >= 15 is 0 Å². The highest BCUT2D eigenvalue weighted by Gasteiger charge is 2.07. The number of nitriles is 2. The summed E-state index contributed by atoms with van der Waals surface area (Å²) in [6, 6.07) is 17.5. The molecule has 2 aromatic heterocycles. The van der Waals surface area contributed by atoms with Crippen LogP contribution in [0.4, 0.5) is 0 Å². The van der Waals surface area contributed by atoms with Crippen LogP contribution in [0.1, 0.15) is 10.4 Å². The van der Waals surface area contributed by atoms with Crippen LogP contribution in [0.3, 0.4) is 0 Å². The van der Waals surface area contributed by atoms with Crippen molar-refractivity contribution in [2.24, 2.45) is 0 Å². The normalized spacial score (nSPS) is 9.83. The van der Waals surface area contributed by atoms with Crippen molar-refractivity contribution in [2.45, 2.75) is 6.54 Å². The first kappa shape index (κ1) is 14.7. The van der Waals surface area contributed by atoms with Gasteiger partial charge in [-0.05, 0) is 23.8 Å². The lowest BCUT2D eigenvalue weighted by Crippen LogP contribution is -1.99. The molecule has 0 unspecified atom stereocenters. The highest BCUT2D eigenvalue weighted by molar-refractivity contribution is 7.16. The van der Waals surface area contributed by atoms with E-state index < -0.39 is 0 Å². The number of benzene rings is 1. The van der Waals surface area contributed by atoms with Gasteiger partial charge in [-0.1, -0.05) is 35.5 Å². The van der Waals surface area contributed by atoms with Crippen molar-refractivity contribution in [3.8, 4) is 22.7 Å². The molecule has 0 saturated heterocycles. The summed E-state index contributed by atoms with van der Waals surface area (Å²) in [5.74, 6) is 0. The lowest BCUT2D eigenvalue weighted by atomic mass is 10.2. The van der Waals surface area contributed by atoms with Crippen molar-refractivity contribution in [2.75, 3.05) is 0 Å². The maximum Gasteiger partial charge on any atom is 0.131 e. The van der Waals surface area contributed by atoms with Gasteiger partial charge < -0.3 is 0 Å². The van der Waals surface area contributed by atoms with Crippen LogP contribution in [-0.4, -0.2) is 15.0 Å². The number of rotatable bonds is 4. The van der Waals surface area contributed by atoms with Gasteiger partial charge in [0.1, 0.15) is 23.4 Å². The molecular formula is C17H11N5S. The Morgan fingerprint density at radius 3 is 2.65 bits per heavy atom. The van der Waals surface area contributed by atoms with Gasteiger partial charge in [0, 0.05) is 4.88 Å². The molecule has 0 amide bonds. The third-order valence-corrected chi connectivity index (χ3v) is 4.19. The number of allylic oxidation sites excluding steroid dienone is 1. The van der Waals surface area contributed by atoms with Crippen LogP contribution < -0.4 is 0 Å². The minimum absolute atomic E-state index is 0.0890. The molecule has 6 heteroatoms. The third-order valence-electron chi connectivity index (χ3n) is 3.13. The molecule has 0 bridgehead atoms. The average Bonchev–Trinajstić information content (AvgIpc) is 3.23. The molecule has 110 valence electrons. The van der Waals surface area contributed by atoms with E-state index in [2.05, 4.69) is 10.3 Å². The van der Waals surface area contributed by atoms with Crippen molar-refractivity contribution >= 4 is 17.4 Å². The molecule has 3 rings (SSSR count). The molecule has 0 aliphatic heterocycles. The quantitative estimate of drug-likeness (QED) is 0.690. The van der Waals surface area contributed by atoms with Crippen molar-refractivity contribution in [1.82, 2.24) is 15.0 Å². The first-order chi connectivity index (χ1) is 11.3. The first-order valence-electron chi connectivity index (χ1n) is 6.84. The molecule has 2 heterocycles. The van der Waals surface area contributed by atoms with Gasteiger partial charge in [-0.3, -0.25) is 0 Å². The largest absolute Gasteiger partial charge is 0.247 e. The fourth-order valence-electron chi connectivity index (χ4n) is 2.06. The Labute approximate surface area is 137 Å². The van der Waals surface area contributed by atoms with Crippen LogP contribution in [0.15, 0.2) is 54.2 Å². The predicted octanol–water partition coefficient (Wildman–Crippen LogP) is 3.49. The van der Waals surface area contributed by atoms with E-state index in [0.29, 0.717) is 6.54 Å². The molecule has 0 aliphatic carbocycles. The van der Waals surface area contributed by atoms with E-state index in [0.717, 1.165) is 21.0 Å². The molecule has 0 atom stereocenters. The number of hydrogen-bond acceptors (Lipinski definition) is 5. The molecule has 0 aliphatic rings. The van der Waals surface area contributed by atoms with E-state index in [1.807, 2.05) is 60.8 Å².